The molecular formula is C15H16N2O4. The van der Waals surface area contributed by atoms with Crippen molar-refractivity contribution >= 4 is 11.8 Å². The number of carbonyl (C=O) groups excluding carboxylic acids is 2. The Balaban J connectivity index is 1.64. The topological polar surface area (TPSA) is 70.1 Å². The summed E-state index contributed by atoms with van der Waals surface area (Å²) >= 11 is 0. The van der Waals surface area contributed by atoms with E-state index >= 15 is 0 Å². The molecule has 0 radical (unpaired) electrons. The Morgan fingerprint density at radius 3 is 2.81 bits per heavy atom. The Morgan fingerprint density at radius 1 is 1.29 bits per heavy atom. The van der Waals surface area contributed by atoms with Gasteiger partial charge >= 0.3 is 0 Å². The van der Waals surface area contributed by atoms with Crippen LogP contribution < -0.4 is 0 Å². The number of carbonyl (C=O) groups is 2. The van der Waals surface area contributed by atoms with Crippen molar-refractivity contribution in [3.63, 3.8) is 0 Å². The van der Waals surface area contributed by atoms with Crippen molar-refractivity contribution in [1.29, 1.82) is 0 Å². The van der Waals surface area contributed by atoms with E-state index in [0.717, 1.165) is 0 Å². The summed E-state index contributed by atoms with van der Waals surface area (Å²) in [5.41, 5.74) is -0.0716. The first-order valence-corrected chi connectivity index (χ1v) is 7.16. The van der Waals surface area contributed by atoms with Gasteiger partial charge in [-0.3, -0.25) is 9.59 Å². The molecule has 1 aromatic carbocycles. The molecule has 3 aliphatic rings. The minimum atomic E-state index is -0.594. The van der Waals surface area contributed by atoms with Gasteiger partial charge in [0.25, 0.3) is 5.91 Å². The van der Waals surface area contributed by atoms with Gasteiger partial charge in [0.15, 0.2) is 5.72 Å². The highest BCUT2D eigenvalue weighted by Gasteiger charge is 2.62. The molecular weight excluding hydrogens is 272 g/mol. The molecule has 3 saturated heterocycles. The Morgan fingerprint density at radius 2 is 2.05 bits per heavy atom. The summed E-state index contributed by atoms with van der Waals surface area (Å²) in [6, 6.07) is 6.00. The highest BCUT2D eigenvalue weighted by molar-refractivity contribution is 5.96. The summed E-state index contributed by atoms with van der Waals surface area (Å²) in [5, 5.41) is 9.31. The van der Waals surface area contributed by atoms with Crippen molar-refractivity contribution in [3.8, 4) is 5.75 Å². The molecule has 0 aromatic heterocycles. The summed E-state index contributed by atoms with van der Waals surface area (Å²) < 4.78 is 5.87. The number of rotatable bonds is 1. The van der Waals surface area contributed by atoms with Crippen LogP contribution in [-0.4, -0.2) is 58.2 Å². The first-order chi connectivity index (χ1) is 10.1. The lowest BCUT2D eigenvalue weighted by atomic mass is 10.1. The van der Waals surface area contributed by atoms with E-state index in [-0.39, 0.29) is 23.6 Å². The predicted octanol–water partition coefficient (Wildman–Crippen LogP) is 0.566. The predicted molar refractivity (Wildman–Crippen MR) is 72.6 cm³/mol. The summed E-state index contributed by atoms with van der Waals surface area (Å²) in [7, 11) is 0. The van der Waals surface area contributed by atoms with E-state index in [0.29, 0.717) is 38.1 Å². The van der Waals surface area contributed by atoms with Gasteiger partial charge in [-0.1, -0.05) is 0 Å². The highest BCUT2D eigenvalue weighted by Crippen LogP contribution is 2.45. The molecule has 2 atom stereocenters. The van der Waals surface area contributed by atoms with Crippen molar-refractivity contribution in [1.82, 2.24) is 9.80 Å². The number of hydrogen-bond donors (Lipinski definition) is 1. The van der Waals surface area contributed by atoms with Crippen molar-refractivity contribution in [2.75, 3.05) is 19.7 Å². The van der Waals surface area contributed by atoms with Crippen LogP contribution in [-0.2, 0) is 9.53 Å². The second-order valence-corrected chi connectivity index (χ2v) is 5.75. The normalized spacial score (nSPS) is 30.7. The van der Waals surface area contributed by atoms with E-state index in [2.05, 4.69) is 0 Å². The van der Waals surface area contributed by atoms with Gasteiger partial charge in [-0.05, 0) is 24.3 Å². The number of amides is 2. The first-order valence-electron chi connectivity index (χ1n) is 7.16. The molecule has 6 nitrogen and oxygen atoms in total. The third-order valence-corrected chi connectivity index (χ3v) is 4.78. The fourth-order valence-corrected chi connectivity index (χ4v) is 3.80. The standard InChI is InChI=1S/C15H16N2O4/c18-11-3-1-10(2-4-11)14(20)16-6-5-15-12(16)9-13(19)17(15)7-8-21-15/h1-4,12,18H,5-9H2/t12-,15+/m1/s1. The van der Waals surface area contributed by atoms with Gasteiger partial charge in [0, 0.05) is 25.1 Å². The average Bonchev–Trinajstić information content (AvgIpc) is 3.11. The van der Waals surface area contributed by atoms with Crippen LogP contribution in [0.2, 0.25) is 0 Å². The van der Waals surface area contributed by atoms with Crippen LogP contribution in [0.15, 0.2) is 24.3 Å². The van der Waals surface area contributed by atoms with Gasteiger partial charge in [-0.25, -0.2) is 0 Å². The molecule has 0 bridgehead atoms. The van der Waals surface area contributed by atoms with Crippen LogP contribution >= 0.6 is 0 Å². The van der Waals surface area contributed by atoms with E-state index in [9.17, 15) is 14.7 Å². The summed E-state index contributed by atoms with van der Waals surface area (Å²) in [6.07, 6.45) is 1.01. The third kappa shape index (κ3) is 1.62. The Bertz CT molecular complexity index is 615. The minimum Gasteiger partial charge on any atom is -0.508 e. The molecule has 4 rings (SSSR count). The van der Waals surface area contributed by atoms with Crippen LogP contribution in [0.25, 0.3) is 0 Å². The lowest BCUT2D eigenvalue weighted by Crippen LogP contribution is -2.48. The molecule has 110 valence electrons. The van der Waals surface area contributed by atoms with Crippen molar-refractivity contribution in [2.45, 2.75) is 24.6 Å². The number of nitrogens with zero attached hydrogens (tertiary/aromatic N) is 2. The largest absolute Gasteiger partial charge is 0.508 e. The van der Waals surface area contributed by atoms with E-state index < -0.39 is 5.72 Å². The first kappa shape index (κ1) is 12.6. The van der Waals surface area contributed by atoms with E-state index in [1.807, 2.05) is 0 Å². The van der Waals surface area contributed by atoms with Gasteiger partial charge in [-0.15, -0.1) is 0 Å². The average molecular weight is 288 g/mol. The van der Waals surface area contributed by atoms with Crippen molar-refractivity contribution < 1.29 is 19.4 Å². The fourth-order valence-electron chi connectivity index (χ4n) is 3.80. The maximum atomic E-state index is 12.7. The SMILES string of the molecule is O=C(c1ccc(O)cc1)N1CC[C@@]23OCCN2C(=O)C[C@@H]13. The van der Waals surface area contributed by atoms with Gasteiger partial charge in [0.2, 0.25) is 5.91 Å². The highest BCUT2D eigenvalue weighted by atomic mass is 16.5. The van der Waals surface area contributed by atoms with E-state index in [1.165, 1.54) is 12.1 Å². The number of benzene rings is 1. The lowest BCUT2D eigenvalue weighted by molar-refractivity contribution is -0.136. The Kier molecular flexibility index (Phi) is 2.53. The summed E-state index contributed by atoms with van der Waals surface area (Å²) in [6.45, 7) is 1.76. The number of ether oxygens (including phenoxy) is 1. The maximum Gasteiger partial charge on any atom is 0.254 e. The zero-order valence-corrected chi connectivity index (χ0v) is 11.5. The zero-order valence-electron chi connectivity index (χ0n) is 11.5. The van der Waals surface area contributed by atoms with Crippen LogP contribution in [0.4, 0.5) is 0 Å². The molecule has 21 heavy (non-hydrogen) atoms. The number of phenolic OH excluding ortho intramolecular Hbond substituents is 1. The van der Waals surface area contributed by atoms with Crippen molar-refractivity contribution in [3.05, 3.63) is 29.8 Å². The van der Waals surface area contributed by atoms with E-state index in [1.54, 1.807) is 21.9 Å². The molecule has 1 N–H and O–H groups in total. The molecule has 3 aliphatic heterocycles. The van der Waals surface area contributed by atoms with Crippen LogP contribution in [0.5, 0.6) is 5.75 Å². The Labute approximate surface area is 121 Å². The molecule has 0 saturated carbocycles. The number of aromatic hydroxyl groups is 1. The quantitative estimate of drug-likeness (QED) is 0.820. The zero-order chi connectivity index (χ0) is 14.6. The summed E-state index contributed by atoms with van der Waals surface area (Å²) in [4.78, 5) is 28.3. The molecule has 1 aromatic rings. The third-order valence-electron chi connectivity index (χ3n) is 4.78. The molecule has 6 heteroatoms. The van der Waals surface area contributed by atoms with Crippen LogP contribution in [0.1, 0.15) is 23.2 Å². The van der Waals surface area contributed by atoms with Crippen LogP contribution in [0.3, 0.4) is 0 Å². The molecule has 0 unspecified atom stereocenters. The second kappa shape index (κ2) is 4.21. The van der Waals surface area contributed by atoms with Crippen molar-refractivity contribution in [2.24, 2.45) is 0 Å². The fraction of sp³-hybridized carbons (Fsp3) is 0.467. The molecule has 3 fully saturated rings. The molecule has 2 amide bonds. The minimum absolute atomic E-state index is 0.0701. The Hall–Kier alpha value is -2.08. The monoisotopic (exact) mass is 288 g/mol. The van der Waals surface area contributed by atoms with Gasteiger partial charge in [-0.2, -0.15) is 0 Å². The van der Waals surface area contributed by atoms with Gasteiger partial charge in [0.1, 0.15) is 5.75 Å². The molecule has 3 heterocycles. The smallest absolute Gasteiger partial charge is 0.254 e. The van der Waals surface area contributed by atoms with Crippen LogP contribution in [0, 0.1) is 0 Å². The maximum absolute atomic E-state index is 12.7. The summed E-state index contributed by atoms with van der Waals surface area (Å²) in [5.74, 6) is 0.0912. The molecule has 0 aliphatic carbocycles. The van der Waals surface area contributed by atoms with Gasteiger partial charge < -0.3 is 19.6 Å². The second-order valence-electron chi connectivity index (χ2n) is 5.75. The number of likely N-dealkylation sites (tertiary alicyclic amines) is 1. The lowest BCUT2D eigenvalue weighted by Gasteiger charge is -2.31. The van der Waals surface area contributed by atoms with Gasteiger partial charge in [0.05, 0.1) is 19.1 Å². The molecule has 1 spiro atoms. The number of phenols is 1. The van der Waals surface area contributed by atoms with E-state index in [4.69, 9.17) is 4.74 Å². The number of hydrogen-bond acceptors (Lipinski definition) is 4.